The molecule has 1 heterocycles. The van der Waals surface area contributed by atoms with E-state index >= 15 is 0 Å². The molecule has 0 radical (unpaired) electrons. The summed E-state index contributed by atoms with van der Waals surface area (Å²) in [5, 5.41) is 5.84. The van der Waals surface area contributed by atoms with E-state index in [-0.39, 0.29) is 17.9 Å². The number of carbonyl (C=O) groups excluding carboxylic acids is 2. The normalized spacial score (nSPS) is 25.4. The Labute approximate surface area is 102 Å². The number of rotatable bonds is 3. The van der Waals surface area contributed by atoms with Gasteiger partial charge in [0.1, 0.15) is 0 Å². The van der Waals surface area contributed by atoms with Gasteiger partial charge in [-0.1, -0.05) is 12.8 Å². The highest BCUT2D eigenvalue weighted by Crippen LogP contribution is 2.17. The largest absolute Gasteiger partial charge is 0.345 e. The Morgan fingerprint density at radius 3 is 2.71 bits per heavy atom. The second-order valence-electron chi connectivity index (χ2n) is 5.18. The van der Waals surface area contributed by atoms with Crippen LogP contribution in [-0.2, 0) is 4.79 Å². The molecule has 1 aliphatic heterocycles. The van der Waals surface area contributed by atoms with E-state index in [0.29, 0.717) is 19.0 Å². The predicted octanol–water partition coefficient (Wildman–Crippen LogP) is 0.706. The first-order chi connectivity index (χ1) is 8.15. The third-order valence-electron chi connectivity index (χ3n) is 3.66. The average Bonchev–Trinajstić information content (AvgIpc) is 2.87. The van der Waals surface area contributed by atoms with Gasteiger partial charge in [-0.15, -0.1) is 0 Å². The van der Waals surface area contributed by atoms with E-state index in [1.54, 1.807) is 11.9 Å². The Morgan fingerprint density at radius 1 is 1.41 bits per heavy atom. The van der Waals surface area contributed by atoms with Gasteiger partial charge in [-0.25, -0.2) is 4.79 Å². The van der Waals surface area contributed by atoms with Crippen molar-refractivity contribution in [1.82, 2.24) is 15.5 Å². The minimum absolute atomic E-state index is 0.0843. The summed E-state index contributed by atoms with van der Waals surface area (Å²) in [6.45, 7) is 1.34. The van der Waals surface area contributed by atoms with Crippen LogP contribution in [0.15, 0.2) is 0 Å². The Hall–Kier alpha value is -1.26. The van der Waals surface area contributed by atoms with Crippen molar-refractivity contribution in [1.29, 1.82) is 0 Å². The molecule has 96 valence electrons. The first-order valence-corrected chi connectivity index (χ1v) is 6.43. The number of nitrogens with one attached hydrogen (secondary N) is 2. The van der Waals surface area contributed by atoms with E-state index in [1.807, 2.05) is 0 Å². The fourth-order valence-corrected chi connectivity index (χ4v) is 2.64. The minimum Gasteiger partial charge on any atom is -0.345 e. The van der Waals surface area contributed by atoms with Crippen LogP contribution < -0.4 is 10.6 Å². The summed E-state index contributed by atoms with van der Waals surface area (Å²) in [6, 6.07) is 0.266. The lowest BCUT2D eigenvalue weighted by Gasteiger charge is -2.15. The van der Waals surface area contributed by atoms with Gasteiger partial charge in [0.2, 0.25) is 5.91 Å². The number of likely N-dealkylation sites (tertiary alicyclic amines) is 1. The number of hydrogen-bond donors (Lipinski definition) is 2. The molecular formula is C12H21N3O2. The number of nitrogens with zero attached hydrogens (tertiary/aromatic N) is 1. The monoisotopic (exact) mass is 239 g/mol. The lowest BCUT2D eigenvalue weighted by atomic mass is 10.1. The molecule has 0 aromatic heterocycles. The maximum absolute atomic E-state index is 11.6. The highest BCUT2D eigenvalue weighted by molar-refractivity contribution is 5.78. The second-order valence-corrected chi connectivity index (χ2v) is 5.18. The van der Waals surface area contributed by atoms with Gasteiger partial charge in [-0.2, -0.15) is 0 Å². The van der Waals surface area contributed by atoms with E-state index < -0.39 is 0 Å². The molecule has 5 heteroatoms. The van der Waals surface area contributed by atoms with Crippen LogP contribution in [0.25, 0.3) is 0 Å². The van der Waals surface area contributed by atoms with Crippen molar-refractivity contribution < 1.29 is 9.59 Å². The third kappa shape index (κ3) is 3.35. The Kier molecular flexibility index (Phi) is 3.86. The molecule has 17 heavy (non-hydrogen) atoms. The summed E-state index contributed by atoms with van der Waals surface area (Å²) in [4.78, 5) is 24.6. The summed E-state index contributed by atoms with van der Waals surface area (Å²) < 4.78 is 0. The van der Waals surface area contributed by atoms with E-state index in [1.165, 1.54) is 12.8 Å². The van der Waals surface area contributed by atoms with E-state index in [2.05, 4.69) is 10.6 Å². The Balaban J connectivity index is 1.64. The topological polar surface area (TPSA) is 61.4 Å². The summed E-state index contributed by atoms with van der Waals surface area (Å²) in [5.41, 5.74) is 0. The summed E-state index contributed by atoms with van der Waals surface area (Å²) in [6.07, 6.45) is 5.18. The lowest BCUT2D eigenvalue weighted by molar-refractivity contribution is -0.126. The molecule has 0 aromatic carbocycles. The van der Waals surface area contributed by atoms with Gasteiger partial charge >= 0.3 is 6.03 Å². The molecule has 0 aromatic rings. The maximum atomic E-state index is 11.6. The fourth-order valence-electron chi connectivity index (χ4n) is 2.64. The highest BCUT2D eigenvalue weighted by Gasteiger charge is 2.27. The van der Waals surface area contributed by atoms with Crippen molar-refractivity contribution in [2.45, 2.75) is 38.1 Å². The predicted molar refractivity (Wildman–Crippen MR) is 64.5 cm³/mol. The fraction of sp³-hybridized carbons (Fsp3) is 0.833. The van der Waals surface area contributed by atoms with Gasteiger partial charge in [-0.05, 0) is 12.8 Å². The zero-order valence-corrected chi connectivity index (χ0v) is 10.4. The zero-order valence-electron chi connectivity index (χ0n) is 10.4. The molecule has 0 spiro atoms. The van der Waals surface area contributed by atoms with E-state index in [0.717, 1.165) is 19.4 Å². The molecule has 2 aliphatic rings. The third-order valence-corrected chi connectivity index (χ3v) is 3.66. The first-order valence-electron chi connectivity index (χ1n) is 6.43. The molecule has 1 saturated carbocycles. The smallest absolute Gasteiger partial charge is 0.315 e. The molecule has 2 rings (SSSR count). The summed E-state index contributed by atoms with van der Waals surface area (Å²) in [7, 11) is 1.81. The minimum atomic E-state index is -0.0843. The zero-order chi connectivity index (χ0) is 12.3. The van der Waals surface area contributed by atoms with E-state index in [9.17, 15) is 9.59 Å². The van der Waals surface area contributed by atoms with Crippen molar-refractivity contribution in [3.05, 3.63) is 0 Å². The number of amides is 3. The van der Waals surface area contributed by atoms with Crippen LogP contribution in [-0.4, -0.2) is 43.0 Å². The van der Waals surface area contributed by atoms with Gasteiger partial charge < -0.3 is 15.5 Å². The van der Waals surface area contributed by atoms with Crippen molar-refractivity contribution >= 4 is 11.9 Å². The van der Waals surface area contributed by atoms with Crippen molar-refractivity contribution in [2.75, 3.05) is 20.1 Å². The second kappa shape index (κ2) is 5.38. The molecule has 1 aliphatic carbocycles. The Bertz CT molecular complexity index is 300. The van der Waals surface area contributed by atoms with Gasteiger partial charge in [0.15, 0.2) is 0 Å². The average molecular weight is 239 g/mol. The molecule has 2 N–H and O–H groups in total. The first kappa shape index (κ1) is 12.2. The summed E-state index contributed by atoms with van der Waals surface area (Å²) >= 11 is 0. The van der Waals surface area contributed by atoms with Gasteiger partial charge in [0.25, 0.3) is 0 Å². The molecule has 1 unspecified atom stereocenters. The standard InChI is InChI=1S/C12H21N3O2/c1-15-8-9(6-11(15)16)7-13-12(17)14-10-4-2-3-5-10/h9-10H,2-8H2,1H3,(H2,13,14,17). The molecule has 3 amide bonds. The number of carbonyl (C=O) groups is 2. The molecule has 1 atom stereocenters. The maximum Gasteiger partial charge on any atom is 0.315 e. The van der Waals surface area contributed by atoms with Gasteiger partial charge in [0, 0.05) is 38.5 Å². The molecule has 5 nitrogen and oxygen atoms in total. The van der Waals surface area contributed by atoms with Crippen molar-refractivity contribution in [2.24, 2.45) is 5.92 Å². The number of hydrogen-bond acceptors (Lipinski definition) is 2. The lowest BCUT2D eigenvalue weighted by Crippen LogP contribution is -2.42. The van der Waals surface area contributed by atoms with Gasteiger partial charge in [0.05, 0.1) is 0 Å². The van der Waals surface area contributed by atoms with Crippen molar-refractivity contribution in [3.8, 4) is 0 Å². The molecule has 1 saturated heterocycles. The van der Waals surface area contributed by atoms with Crippen LogP contribution in [0.3, 0.4) is 0 Å². The van der Waals surface area contributed by atoms with Gasteiger partial charge in [-0.3, -0.25) is 4.79 Å². The highest BCUT2D eigenvalue weighted by atomic mass is 16.2. The van der Waals surface area contributed by atoms with Crippen LogP contribution in [0.5, 0.6) is 0 Å². The molecule has 2 fully saturated rings. The quantitative estimate of drug-likeness (QED) is 0.762. The van der Waals surface area contributed by atoms with Crippen molar-refractivity contribution in [3.63, 3.8) is 0 Å². The van der Waals surface area contributed by atoms with Crippen LogP contribution in [0.4, 0.5) is 4.79 Å². The van der Waals surface area contributed by atoms with Crippen LogP contribution in [0.2, 0.25) is 0 Å². The van der Waals surface area contributed by atoms with Crippen LogP contribution in [0.1, 0.15) is 32.1 Å². The van der Waals surface area contributed by atoms with E-state index in [4.69, 9.17) is 0 Å². The molecular weight excluding hydrogens is 218 g/mol. The molecule has 0 bridgehead atoms. The summed E-state index contributed by atoms with van der Waals surface area (Å²) in [5.74, 6) is 0.440. The number of urea groups is 1. The van der Waals surface area contributed by atoms with Crippen LogP contribution in [0, 0.1) is 5.92 Å². The Morgan fingerprint density at radius 2 is 2.12 bits per heavy atom. The SMILES string of the molecule is CN1CC(CNC(=O)NC2CCCC2)CC1=O. The van der Waals surface area contributed by atoms with Crippen LogP contribution >= 0.6 is 0 Å².